The molecule has 0 atom stereocenters. The van der Waals surface area contributed by atoms with E-state index in [2.05, 4.69) is 0 Å². The van der Waals surface area contributed by atoms with Crippen LogP contribution in [0.4, 0.5) is 0 Å². The molecule has 0 aliphatic carbocycles. The van der Waals surface area contributed by atoms with Crippen LogP contribution in [0.25, 0.3) is 0 Å². The third kappa shape index (κ3) is 8.25. The molecule has 0 bridgehead atoms. The first-order valence-electron chi connectivity index (χ1n) is 7.67. The average Bonchev–Trinajstić information content (AvgIpc) is 2.54. The lowest BCUT2D eigenvalue weighted by Gasteiger charge is -2.11. The maximum Gasteiger partial charge on any atom is 0.136 e. The molecule has 1 rings (SSSR count). The van der Waals surface area contributed by atoms with Crippen LogP contribution in [0.1, 0.15) is 38.5 Å². The molecule has 0 radical (unpaired) electrons. The summed E-state index contributed by atoms with van der Waals surface area (Å²) in [6.45, 7) is 0.744. The third-order valence-corrected chi connectivity index (χ3v) is 5.65. The molecule has 5 heteroatoms. The molecule has 0 saturated carbocycles. The zero-order chi connectivity index (χ0) is 15.4. The highest BCUT2D eigenvalue weighted by atomic mass is 31.2. The van der Waals surface area contributed by atoms with Gasteiger partial charge in [-0.25, -0.2) is 0 Å². The molecule has 4 nitrogen and oxygen atoms in total. The van der Waals surface area contributed by atoms with E-state index in [4.69, 9.17) is 14.9 Å². The fourth-order valence-electron chi connectivity index (χ4n) is 2.10. The second-order valence-electron chi connectivity index (χ2n) is 5.35. The number of ether oxygens (including phenoxy) is 1. The number of unbranched alkanes of at least 4 members (excludes halogenated alkanes) is 5. The molecule has 2 N–H and O–H groups in total. The number of para-hydroxylation sites is 1. The van der Waals surface area contributed by atoms with Gasteiger partial charge in [-0.15, -0.1) is 0 Å². The van der Waals surface area contributed by atoms with E-state index >= 15 is 0 Å². The summed E-state index contributed by atoms with van der Waals surface area (Å²) in [7, 11) is -2.69. The van der Waals surface area contributed by atoms with Gasteiger partial charge in [-0.1, -0.05) is 43.9 Å². The lowest BCUT2D eigenvalue weighted by atomic mass is 10.1. The first-order chi connectivity index (χ1) is 10.2. The Morgan fingerprint density at radius 1 is 0.857 bits per heavy atom. The summed E-state index contributed by atoms with van der Waals surface area (Å²) in [6, 6.07) is 9.82. The Hall–Kier alpha value is -0.830. The first-order valence-corrected chi connectivity index (χ1v) is 9.93. The summed E-state index contributed by atoms with van der Waals surface area (Å²) in [5.41, 5.74) is 0. The number of hydrogen-bond donors (Lipinski definition) is 2. The molecule has 0 fully saturated rings. The van der Waals surface area contributed by atoms with Gasteiger partial charge >= 0.3 is 0 Å². The predicted octanol–water partition coefficient (Wildman–Crippen LogP) is 3.67. The number of rotatable bonds is 12. The lowest BCUT2D eigenvalue weighted by molar-refractivity contribution is 0.304. The van der Waals surface area contributed by atoms with Gasteiger partial charge in [0.2, 0.25) is 0 Å². The van der Waals surface area contributed by atoms with Crippen molar-refractivity contribution in [1.82, 2.24) is 0 Å². The smallest absolute Gasteiger partial charge is 0.136 e. The van der Waals surface area contributed by atoms with Crippen molar-refractivity contribution in [1.29, 1.82) is 0 Å². The van der Waals surface area contributed by atoms with Crippen LogP contribution in [-0.4, -0.2) is 35.7 Å². The van der Waals surface area contributed by atoms with Crippen molar-refractivity contribution in [2.45, 2.75) is 38.5 Å². The molecule has 0 unspecified atom stereocenters. The molecular weight excluding hydrogens is 287 g/mol. The molecule has 0 aliphatic heterocycles. The molecule has 0 amide bonds. The topological polar surface area (TPSA) is 66.8 Å². The van der Waals surface area contributed by atoms with Crippen LogP contribution < -0.4 is 4.74 Å². The molecule has 0 aliphatic rings. The van der Waals surface area contributed by atoms with E-state index in [9.17, 15) is 4.57 Å². The standard InChI is InChI=1S/C16H27O4P/c17-14-21(19,15-18)13-9-4-2-1-3-8-12-20-16-10-6-5-7-11-16/h5-7,10-11,17-18H,1-4,8-9,12-15H2. The van der Waals surface area contributed by atoms with Crippen molar-refractivity contribution in [2.75, 3.05) is 25.5 Å². The number of benzene rings is 1. The highest BCUT2D eigenvalue weighted by molar-refractivity contribution is 7.63. The number of hydrogen-bond acceptors (Lipinski definition) is 4. The van der Waals surface area contributed by atoms with Crippen molar-refractivity contribution in [3.8, 4) is 5.75 Å². The van der Waals surface area contributed by atoms with E-state index in [1.165, 1.54) is 0 Å². The van der Waals surface area contributed by atoms with Crippen molar-refractivity contribution in [3.05, 3.63) is 30.3 Å². The minimum Gasteiger partial charge on any atom is -0.494 e. The van der Waals surface area contributed by atoms with Gasteiger partial charge in [-0.05, 0) is 25.0 Å². The van der Waals surface area contributed by atoms with Crippen molar-refractivity contribution < 1.29 is 19.5 Å². The van der Waals surface area contributed by atoms with Gasteiger partial charge in [0.15, 0.2) is 0 Å². The van der Waals surface area contributed by atoms with Gasteiger partial charge in [-0.3, -0.25) is 0 Å². The Morgan fingerprint density at radius 2 is 1.43 bits per heavy atom. The van der Waals surface area contributed by atoms with Crippen LogP contribution in [0.3, 0.4) is 0 Å². The molecular formula is C16H27O4P. The maximum absolute atomic E-state index is 11.7. The fraction of sp³-hybridized carbons (Fsp3) is 0.625. The molecule has 0 saturated heterocycles. The Balaban J connectivity index is 1.92. The van der Waals surface area contributed by atoms with Crippen LogP contribution in [0.15, 0.2) is 30.3 Å². The first kappa shape index (κ1) is 18.2. The van der Waals surface area contributed by atoms with Gasteiger partial charge < -0.3 is 19.5 Å². The van der Waals surface area contributed by atoms with Crippen molar-refractivity contribution in [2.24, 2.45) is 0 Å². The molecule has 120 valence electrons. The van der Waals surface area contributed by atoms with E-state index in [1.807, 2.05) is 30.3 Å². The molecule has 1 aromatic carbocycles. The van der Waals surface area contributed by atoms with Crippen molar-refractivity contribution >= 4 is 7.14 Å². The average molecular weight is 314 g/mol. The highest BCUT2D eigenvalue weighted by Crippen LogP contribution is 2.43. The minimum atomic E-state index is -2.69. The zero-order valence-electron chi connectivity index (χ0n) is 12.6. The summed E-state index contributed by atoms with van der Waals surface area (Å²) in [6.07, 6.45) is 5.94. The lowest BCUT2D eigenvalue weighted by Crippen LogP contribution is -1.99. The predicted molar refractivity (Wildman–Crippen MR) is 86.3 cm³/mol. The van der Waals surface area contributed by atoms with Gasteiger partial charge in [0, 0.05) is 6.16 Å². The summed E-state index contributed by atoms with van der Waals surface area (Å²) in [5.74, 6) is 0.918. The van der Waals surface area contributed by atoms with Crippen LogP contribution in [0.5, 0.6) is 5.75 Å². The Kier molecular flexibility index (Phi) is 9.40. The van der Waals surface area contributed by atoms with E-state index in [1.54, 1.807) is 0 Å². The zero-order valence-corrected chi connectivity index (χ0v) is 13.5. The van der Waals surface area contributed by atoms with Crippen LogP contribution in [0.2, 0.25) is 0 Å². The fourth-order valence-corrected chi connectivity index (χ4v) is 3.27. The quantitative estimate of drug-likeness (QED) is 0.456. The highest BCUT2D eigenvalue weighted by Gasteiger charge is 2.18. The largest absolute Gasteiger partial charge is 0.494 e. The summed E-state index contributed by atoms with van der Waals surface area (Å²) in [5, 5.41) is 17.9. The van der Waals surface area contributed by atoms with Crippen LogP contribution >= 0.6 is 7.14 Å². The molecule has 0 aromatic heterocycles. The van der Waals surface area contributed by atoms with E-state index in [-0.39, 0.29) is 12.7 Å². The monoisotopic (exact) mass is 314 g/mol. The Labute approximate surface area is 127 Å². The number of aliphatic hydroxyl groups is 2. The molecule has 21 heavy (non-hydrogen) atoms. The van der Waals surface area contributed by atoms with Gasteiger partial charge in [0.25, 0.3) is 0 Å². The maximum atomic E-state index is 11.7. The summed E-state index contributed by atoms with van der Waals surface area (Å²) < 4.78 is 17.4. The van der Waals surface area contributed by atoms with Gasteiger partial charge in [0.05, 0.1) is 19.3 Å². The SMILES string of the molecule is O=P(CO)(CO)CCCCCCCCOc1ccccc1. The third-order valence-electron chi connectivity index (χ3n) is 3.49. The van der Waals surface area contributed by atoms with Crippen LogP contribution in [0, 0.1) is 0 Å². The summed E-state index contributed by atoms with van der Waals surface area (Å²) >= 11 is 0. The van der Waals surface area contributed by atoms with E-state index in [0.717, 1.165) is 50.9 Å². The second-order valence-corrected chi connectivity index (χ2v) is 8.48. The number of aliphatic hydroxyl groups excluding tert-OH is 2. The van der Waals surface area contributed by atoms with Crippen molar-refractivity contribution in [3.63, 3.8) is 0 Å². The minimum absolute atomic E-state index is 0.375. The van der Waals surface area contributed by atoms with Gasteiger partial charge in [0.1, 0.15) is 12.9 Å². The molecule has 0 heterocycles. The Bertz CT molecular complexity index is 400. The Morgan fingerprint density at radius 3 is 2.05 bits per heavy atom. The van der Waals surface area contributed by atoms with Crippen LogP contribution in [-0.2, 0) is 4.57 Å². The van der Waals surface area contributed by atoms with E-state index in [0.29, 0.717) is 6.16 Å². The molecule has 1 aromatic rings. The normalized spacial score (nSPS) is 11.5. The summed E-state index contributed by atoms with van der Waals surface area (Å²) in [4.78, 5) is 0. The second kappa shape index (κ2) is 10.8. The molecule has 0 spiro atoms. The van der Waals surface area contributed by atoms with E-state index < -0.39 is 7.14 Å². The van der Waals surface area contributed by atoms with Gasteiger partial charge in [-0.2, -0.15) is 0 Å².